The van der Waals surface area contributed by atoms with Crippen molar-refractivity contribution in [3.63, 3.8) is 0 Å². The molecule has 0 amide bonds. The van der Waals surface area contributed by atoms with Gasteiger partial charge in [0.05, 0.1) is 13.2 Å². The van der Waals surface area contributed by atoms with E-state index in [4.69, 9.17) is 37.8 Å². The second kappa shape index (κ2) is 9.74. The Morgan fingerprint density at radius 3 is 2.58 bits per heavy atom. The van der Waals surface area contributed by atoms with Gasteiger partial charge in [-0.25, -0.2) is 0 Å². The lowest BCUT2D eigenvalue weighted by Gasteiger charge is -2.15. The average molecular weight is 370 g/mol. The molecule has 0 radical (unpaired) electrons. The fourth-order valence-electron chi connectivity index (χ4n) is 2.18. The molecule has 2 rings (SSSR count). The molecule has 6 heteroatoms. The average Bonchev–Trinajstić information content (AvgIpc) is 2.56. The summed E-state index contributed by atoms with van der Waals surface area (Å²) in [7, 11) is 0. The molecular formula is C18H21Cl2NO3. The summed E-state index contributed by atoms with van der Waals surface area (Å²) in [5.41, 5.74) is 1.86. The number of ether oxygens (including phenoxy) is 2. The van der Waals surface area contributed by atoms with Crippen molar-refractivity contribution in [1.82, 2.24) is 5.32 Å². The molecule has 0 heterocycles. The lowest BCUT2D eigenvalue weighted by atomic mass is 10.2. The van der Waals surface area contributed by atoms with Gasteiger partial charge in [0.15, 0.2) is 11.5 Å². The van der Waals surface area contributed by atoms with Crippen molar-refractivity contribution in [2.24, 2.45) is 0 Å². The van der Waals surface area contributed by atoms with Crippen LogP contribution in [0.1, 0.15) is 18.1 Å². The number of hydrogen-bond acceptors (Lipinski definition) is 4. The highest BCUT2D eigenvalue weighted by Crippen LogP contribution is 2.34. The predicted octanol–water partition coefficient (Wildman–Crippen LogP) is 4.05. The second-order valence-electron chi connectivity index (χ2n) is 5.14. The molecule has 4 nitrogen and oxygen atoms in total. The molecule has 2 aromatic carbocycles. The van der Waals surface area contributed by atoms with E-state index >= 15 is 0 Å². The minimum atomic E-state index is 0.0801. The maximum atomic E-state index is 8.84. The van der Waals surface area contributed by atoms with Crippen LogP contribution in [0.2, 0.25) is 10.0 Å². The van der Waals surface area contributed by atoms with Crippen LogP contribution in [0.5, 0.6) is 11.5 Å². The van der Waals surface area contributed by atoms with Crippen molar-refractivity contribution < 1.29 is 14.6 Å². The van der Waals surface area contributed by atoms with E-state index in [1.807, 2.05) is 37.3 Å². The number of aliphatic hydroxyl groups is 1. The van der Waals surface area contributed by atoms with E-state index in [0.29, 0.717) is 47.8 Å². The Labute approximate surface area is 152 Å². The van der Waals surface area contributed by atoms with Crippen LogP contribution in [-0.4, -0.2) is 24.9 Å². The molecule has 0 spiro atoms. The molecule has 2 N–H and O–H groups in total. The van der Waals surface area contributed by atoms with Gasteiger partial charge in [0.25, 0.3) is 0 Å². The van der Waals surface area contributed by atoms with Crippen LogP contribution in [0, 0.1) is 0 Å². The lowest BCUT2D eigenvalue weighted by Crippen LogP contribution is -2.17. The molecule has 0 unspecified atom stereocenters. The third kappa shape index (κ3) is 5.56. The van der Waals surface area contributed by atoms with Crippen LogP contribution in [0.4, 0.5) is 0 Å². The molecule has 2 aromatic rings. The summed E-state index contributed by atoms with van der Waals surface area (Å²) in [6.45, 7) is 3.95. The second-order valence-corrected chi connectivity index (χ2v) is 5.99. The topological polar surface area (TPSA) is 50.7 Å². The van der Waals surface area contributed by atoms with Gasteiger partial charge in [-0.2, -0.15) is 0 Å². The van der Waals surface area contributed by atoms with Gasteiger partial charge in [-0.1, -0.05) is 35.3 Å². The number of halogens is 2. The zero-order valence-corrected chi connectivity index (χ0v) is 15.0. The molecule has 0 saturated heterocycles. The van der Waals surface area contributed by atoms with E-state index < -0.39 is 0 Å². The number of nitrogens with one attached hydrogen (secondary N) is 1. The first kappa shape index (κ1) is 18.9. The van der Waals surface area contributed by atoms with Crippen LogP contribution in [0.3, 0.4) is 0 Å². The van der Waals surface area contributed by atoms with Crippen LogP contribution in [0.15, 0.2) is 36.4 Å². The normalized spacial score (nSPS) is 10.7. The summed E-state index contributed by atoms with van der Waals surface area (Å²) in [5.74, 6) is 1.23. The van der Waals surface area contributed by atoms with Crippen molar-refractivity contribution in [2.45, 2.75) is 20.1 Å². The fraction of sp³-hybridized carbons (Fsp3) is 0.333. The van der Waals surface area contributed by atoms with E-state index in [2.05, 4.69) is 5.32 Å². The summed E-state index contributed by atoms with van der Waals surface area (Å²) < 4.78 is 11.5. The molecule has 0 saturated carbocycles. The number of benzene rings is 2. The highest BCUT2D eigenvalue weighted by molar-refractivity contribution is 6.31. The first-order valence-corrected chi connectivity index (χ1v) is 8.53. The maximum Gasteiger partial charge on any atom is 0.163 e. The maximum absolute atomic E-state index is 8.84. The van der Waals surface area contributed by atoms with Crippen LogP contribution >= 0.6 is 23.2 Å². The predicted molar refractivity (Wildman–Crippen MR) is 97.2 cm³/mol. The Morgan fingerprint density at radius 1 is 1.08 bits per heavy atom. The first-order valence-electron chi connectivity index (χ1n) is 7.78. The highest BCUT2D eigenvalue weighted by atomic mass is 35.5. The molecule has 0 fully saturated rings. The van der Waals surface area contributed by atoms with Gasteiger partial charge in [-0.15, -0.1) is 0 Å². The zero-order chi connectivity index (χ0) is 17.4. The van der Waals surface area contributed by atoms with Gasteiger partial charge in [0, 0.05) is 29.2 Å². The Morgan fingerprint density at radius 2 is 1.88 bits per heavy atom. The van der Waals surface area contributed by atoms with Crippen molar-refractivity contribution in [3.05, 3.63) is 57.6 Å². The molecule has 0 bridgehead atoms. The fourth-order valence-corrected chi connectivity index (χ4v) is 2.62. The largest absolute Gasteiger partial charge is 0.490 e. The minimum Gasteiger partial charge on any atom is -0.490 e. The van der Waals surface area contributed by atoms with Crippen LogP contribution in [0.25, 0.3) is 0 Å². The van der Waals surface area contributed by atoms with Crippen molar-refractivity contribution >= 4 is 23.2 Å². The Hall–Kier alpha value is -1.46. The zero-order valence-electron chi connectivity index (χ0n) is 13.5. The van der Waals surface area contributed by atoms with E-state index in [9.17, 15) is 0 Å². The summed E-state index contributed by atoms with van der Waals surface area (Å²) in [5, 5.41) is 13.2. The molecule has 0 aliphatic heterocycles. The first-order chi connectivity index (χ1) is 11.6. The Bertz CT molecular complexity index is 665. The van der Waals surface area contributed by atoms with E-state index in [1.165, 1.54) is 0 Å². The van der Waals surface area contributed by atoms with E-state index in [1.54, 1.807) is 6.07 Å². The van der Waals surface area contributed by atoms with Crippen molar-refractivity contribution in [2.75, 3.05) is 19.8 Å². The third-order valence-electron chi connectivity index (χ3n) is 3.30. The molecule has 0 aromatic heterocycles. The van der Waals surface area contributed by atoms with E-state index in [-0.39, 0.29) is 6.61 Å². The van der Waals surface area contributed by atoms with Crippen LogP contribution in [-0.2, 0) is 13.2 Å². The summed E-state index contributed by atoms with van der Waals surface area (Å²) in [6.07, 6.45) is 0. The number of rotatable bonds is 9. The van der Waals surface area contributed by atoms with Gasteiger partial charge in [0.2, 0.25) is 0 Å². The van der Waals surface area contributed by atoms with Gasteiger partial charge < -0.3 is 19.9 Å². The van der Waals surface area contributed by atoms with Crippen molar-refractivity contribution in [3.8, 4) is 11.5 Å². The number of hydrogen-bond donors (Lipinski definition) is 2. The summed E-state index contributed by atoms with van der Waals surface area (Å²) in [4.78, 5) is 0. The van der Waals surface area contributed by atoms with Crippen LogP contribution < -0.4 is 14.8 Å². The monoisotopic (exact) mass is 369 g/mol. The molecule has 0 aliphatic carbocycles. The molecular weight excluding hydrogens is 349 g/mol. The quantitative estimate of drug-likeness (QED) is 0.654. The molecule has 130 valence electrons. The summed E-state index contributed by atoms with van der Waals surface area (Å²) >= 11 is 12.3. The smallest absolute Gasteiger partial charge is 0.163 e. The Balaban J connectivity index is 2.13. The van der Waals surface area contributed by atoms with Gasteiger partial charge in [-0.3, -0.25) is 0 Å². The molecule has 0 aliphatic rings. The highest BCUT2D eigenvalue weighted by Gasteiger charge is 2.11. The van der Waals surface area contributed by atoms with E-state index in [0.717, 1.165) is 11.1 Å². The third-order valence-corrected chi connectivity index (χ3v) is 3.89. The molecule has 24 heavy (non-hydrogen) atoms. The SMILES string of the molecule is CCOc1cc(CNCCO)c(Cl)cc1OCc1cccc(Cl)c1. The number of aliphatic hydroxyl groups excluding tert-OH is 1. The van der Waals surface area contributed by atoms with Gasteiger partial charge in [0.1, 0.15) is 6.61 Å². The summed E-state index contributed by atoms with van der Waals surface area (Å²) in [6, 6.07) is 11.1. The van der Waals surface area contributed by atoms with Gasteiger partial charge >= 0.3 is 0 Å². The molecule has 0 atom stereocenters. The minimum absolute atomic E-state index is 0.0801. The Kier molecular flexibility index (Phi) is 7.66. The van der Waals surface area contributed by atoms with Gasteiger partial charge in [-0.05, 0) is 36.2 Å². The lowest BCUT2D eigenvalue weighted by molar-refractivity contribution is 0.269. The standard InChI is InChI=1S/C18H21Cl2NO3/c1-2-23-17-9-14(11-21-6-7-22)16(20)10-18(17)24-12-13-4-3-5-15(19)8-13/h3-5,8-10,21-22H,2,6-7,11-12H2,1H3. The van der Waals surface area contributed by atoms with Crippen molar-refractivity contribution in [1.29, 1.82) is 0 Å².